The highest BCUT2D eigenvalue weighted by atomic mass is 16.4. The van der Waals surface area contributed by atoms with Crippen LogP contribution in [0.3, 0.4) is 0 Å². The molecule has 0 saturated heterocycles. The molecule has 1 aliphatic rings. The summed E-state index contributed by atoms with van der Waals surface area (Å²) in [7, 11) is 0. The van der Waals surface area contributed by atoms with Crippen LogP contribution in [0.4, 0.5) is 0 Å². The van der Waals surface area contributed by atoms with Crippen LogP contribution < -0.4 is 0 Å². The van der Waals surface area contributed by atoms with E-state index in [4.69, 9.17) is 5.11 Å². The zero-order valence-corrected chi connectivity index (χ0v) is 9.90. The number of hydrogen-bond acceptors (Lipinski definition) is 3. The average Bonchev–Trinajstić information content (AvgIpc) is 2.59. The minimum absolute atomic E-state index is 0.132. The molecule has 2 heterocycles. The van der Waals surface area contributed by atoms with Crippen LogP contribution in [-0.4, -0.2) is 25.8 Å². The number of aromatic nitrogens is 3. The van der Waals surface area contributed by atoms with Crippen molar-refractivity contribution in [2.24, 2.45) is 0 Å². The zero-order chi connectivity index (χ0) is 11.9. The Hall–Kier alpha value is -1.39. The van der Waals surface area contributed by atoms with Crippen molar-refractivity contribution in [2.45, 2.75) is 51.5 Å². The first-order valence-electron chi connectivity index (χ1n) is 5.58. The van der Waals surface area contributed by atoms with Crippen LogP contribution in [0, 0.1) is 0 Å². The highest BCUT2D eigenvalue weighted by Gasteiger charge is 2.30. The Kier molecular flexibility index (Phi) is 2.48. The molecule has 1 N–H and O–H groups in total. The summed E-state index contributed by atoms with van der Waals surface area (Å²) < 4.78 is 1.59. The maximum Gasteiger partial charge on any atom is 0.328 e. The molecule has 5 nitrogen and oxygen atoms in total. The number of carbonyl (C=O) groups is 1. The van der Waals surface area contributed by atoms with Crippen LogP contribution >= 0.6 is 0 Å². The van der Waals surface area contributed by atoms with Crippen molar-refractivity contribution < 1.29 is 9.90 Å². The monoisotopic (exact) mass is 223 g/mol. The maximum atomic E-state index is 11.1. The third-order valence-electron chi connectivity index (χ3n) is 2.83. The van der Waals surface area contributed by atoms with E-state index in [2.05, 4.69) is 10.1 Å². The smallest absolute Gasteiger partial charge is 0.328 e. The average molecular weight is 223 g/mol. The van der Waals surface area contributed by atoms with E-state index in [9.17, 15) is 4.79 Å². The van der Waals surface area contributed by atoms with E-state index in [-0.39, 0.29) is 5.41 Å². The molecule has 1 unspecified atom stereocenters. The van der Waals surface area contributed by atoms with E-state index in [0.29, 0.717) is 6.42 Å². The molecule has 5 heteroatoms. The fourth-order valence-electron chi connectivity index (χ4n) is 1.90. The van der Waals surface area contributed by atoms with Crippen LogP contribution in [-0.2, 0) is 16.6 Å². The number of aliphatic carboxylic acids is 1. The van der Waals surface area contributed by atoms with Gasteiger partial charge >= 0.3 is 5.97 Å². The predicted octanol–water partition coefficient (Wildman–Crippen LogP) is 1.54. The molecule has 0 saturated carbocycles. The molecule has 0 spiro atoms. The van der Waals surface area contributed by atoms with Gasteiger partial charge in [-0.2, -0.15) is 5.10 Å². The van der Waals surface area contributed by atoms with Gasteiger partial charge in [-0.3, -0.25) is 0 Å². The molecule has 1 aromatic rings. The molecular weight excluding hydrogens is 206 g/mol. The Labute approximate surface area is 94.5 Å². The fourth-order valence-corrected chi connectivity index (χ4v) is 1.90. The number of hydrogen-bond donors (Lipinski definition) is 1. The van der Waals surface area contributed by atoms with Gasteiger partial charge in [-0.05, 0) is 12.8 Å². The molecule has 0 aromatic carbocycles. The van der Waals surface area contributed by atoms with Crippen molar-refractivity contribution in [3.05, 3.63) is 11.6 Å². The lowest BCUT2D eigenvalue weighted by atomic mass is 9.96. The second-order valence-corrected chi connectivity index (χ2v) is 5.29. The van der Waals surface area contributed by atoms with Crippen molar-refractivity contribution in [3.8, 4) is 0 Å². The van der Waals surface area contributed by atoms with Crippen molar-refractivity contribution in [3.63, 3.8) is 0 Å². The number of aryl methyl sites for hydroxylation is 1. The van der Waals surface area contributed by atoms with Gasteiger partial charge in [0.05, 0.1) is 0 Å². The van der Waals surface area contributed by atoms with E-state index < -0.39 is 12.0 Å². The lowest BCUT2D eigenvalue weighted by Crippen LogP contribution is -2.26. The first-order chi connectivity index (χ1) is 7.39. The topological polar surface area (TPSA) is 68.0 Å². The summed E-state index contributed by atoms with van der Waals surface area (Å²) in [5, 5.41) is 13.5. The van der Waals surface area contributed by atoms with Crippen LogP contribution in [0.15, 0.2) is 0 Å². The lowest BCUT2D eigenvalue weighted by Gasteiger charge is -2.19. The zero-order valence-electron chi connectivity index (χ0n) is 9.90. The minimum atomic E-state index is -0.814. The maximum absolute atomic E-state index is 11.1. The molecule has 0 fully saturated rings. The Morgan fingerprint density at radius 2 is 2.19 bits per heavy atom. The second-order valence-electron chi connectivity index (χ2n) is 5.29. The van der Waals surface area contributed by atoms with E-state index in [0.717, 1.165) is 24.5 Å². The van der Waals surface area contributed by atoms with Gasteiger partial charge in [0, 0.05) is 11.8 Å². The lowest BCUT2D eigenvalue weighted by molar-refractivity contribution is -0.141. The van der Waals surface area contributed by atoms with Gasteiger partial charge in [0.1, 0.15) is 5.82 Å². The van der Waals surface area contributed by atoms with E-state index >= 15 is 0 Å². The molecule has 16 heavy (non-hydrogen) atoms. The third kappa shape index (κ3) is 1.81. The quantitative estimate of drug-likeness (QED) is 0.784. The molecule has 88 valence electrons. The van der Waals surface area contributed by atoms with Crippen molar-refractivity contribution in [2.75, 3.05) is 0 Å². The summed E-state index contributed by atoms with van der Waals surface area (Å²) in [6, 6.07) is -0.535. The van der Waals surface area contributed by atoms with Crippen molar-refractivity contribution in [1.29, 1.82) is 0 Å². The Balaban J connectivity index is 2.42. The second kappa shape index (κ2) is 3.57. The number of fused-ring (bicyclic) bond motifs is 1. The fraction of sp³-hybridized carbons (Fsp3) is 0.727. The molecule has 0 bridgehead atoms. The first kappa shape index (κ1) is 11.1. The molecule has 1 aromatic heterocycles. The van der Waals surface area contributed by atoms with Crippen molar-refractivity contribution in [1.82, 2.24) is 14.8 Å². The number of carboxylic acids is 1. The highest BCUT2D eigenvalue weighted by Crippen LogP contribution is 2.26. The van der Waals surface area contributed by atoms with Gasteiger partial charge in [-0.15, -0.1) is 0 Å². The van der Waals surface area contributed by atoms with Crippen LogP contribution in [0.25, 0.3) is 0 Å². The van der Waals surface area contributed by atoms with Crippen LogP contribution in [0.5, 0.6) is 0 Å². The summed E-state index contributed by atoms with van der Waals surface area (Å²) in [4.78, 5) is 15.5. The Morgan fingerprint density at radius 1 is 1.50 bits per heavy atom. The molecule has 0 amide bonds. The molecule has 1 atom stereocenters. The Morgan fingerprint density at radius 3 is 2.75 bits per heavy atom. The normalized spacial score (nSPS) is 20.6. The van der Waals surface area contributed by atoms with E-state index in [1.165, 1.54) is 0 Å². The third-order valence-corrected chi connectivity index (χ3v) is 2.83. The van der Waals surface area contributed by atoms with Gasteiger partial charge in [0.2, 0.25) is 0 Å². The molecule has 1 aliphatic heterocycles. The minimum Gasteiger partial charge on any atom is -0.480 e. The SMILES string of the molecule is CC(C)(C)c1nc2n(n1)C(C(=O)O)CCC2. The summed E-state index contributed by atoms with van der Waals surface area (Å²) >= 11 is 0. The van der Waals surface area contributed by atoms with E-state index in [1.54, 1.807) is 4.68 Å². The van der Waals surface area contributed by atoms with Gasteiger partial charge in [-0.25, -0.2) is 14.5 Å². The summed E-state index contributed by atoms with van der Waals surface area (Å²) in [5.41, 5.74) is -0.132. The molecule has 0 radical (unpaired) electrons. The van der Waals surface area contributed by atoms with Gasteiger partial charge in [0.25, 0.3) is 0 Å². The largest absolute Gasteiger partial charge is 0.480 e. The molecular formula is C11H17N3O2. The van der Waals surface area contributed by atoms with E-state index in [1.807, 2.05) is 20.8 Å². The predicted molar refractivity (Wildman–Crippen MR) is 58.3 cm³/mol. The standard InChI is InChI=1S/C11H17N3O2/c1-11(2,3)10-12-8-6-4-5-7(9(15)16)14(8)13-10/h7H,4-6H2,1-3H3,(H,15,16). The van der Waals surface area contributed by atoms with Gasteiger partial charge in [-0.1, -0.05) is 20.8 Å². The summed E-state index contributed by atoms with van der Waals surface area (Å²) in [6.07, 6.45) is 2.35. The van der Waals surface area contributed by atoms with Gasteiger partial charge in [0.15, 0.2) is 11.9 Å². The van der Waals surface area contributed by atoms with Crippen LogP contribution in [0.1, 0.15) is 51.3 Å². The highest BCUT2D eigenvalue weighted by molar-refractivity contribution is 5.71. The number of rotatable bonds is 1. The summed E-state index contributed by atoms with van der Waals surface area (Å²) in [6.45, 7) is 6.10. The molecule has 2 rings (SSSR count). The number of nitrogens with zero attached hydrogens (tertiary/aromatic N) is 3. The Bertz CT molecular complexity index is 417. The van der Waals surface area contributed by atoms with Crippen molar-refractivity contribution >= 4 is 5.97 Å². The van der Waals surface area contributed by atoms with Crippen LogP contribution in [0.2, 0.25) is 0 Å². The first-order valence-corrected chi connectivity index (χ1v) is 5.58. The summed E-state index contributed by atoms with van der Waals surface area (Å²) in [5.74, 6) is 0.727. The van der Waals surface area contributed by atoms with Gasteiger partial charge < -0.3 is 5.11 Å². The molecule has 0 aliphatic carbocycles. The number of carboxylic acid groups (broad SMARTS) is 1.